The number of nitrogens with one attached hydrogen (secondary N) is 2. The lowest BCUT2D eigenvalue weighted by atomic mass is 9.76. The predicted octanol–water partition coefficient (Wildman–Crippen LogP) is 1.67. The average Bonchev–Trinajstić information content (AvgIpc) is 2.65. The Labute approximate surface area is 156 Å². The molecule has 26 heavy (non-hydrogen) atoms. The van der Waals surface area contributed by atoms with Gasteiger partial charge >= 0.3 is 0 Å². The zero-order valence-corrected chi connectivity index (χ0v) is 16.6. The van der Waals surface area contributed by atoms with Crippen molar-refractivity contribution in [3.8, 4) is 0 Å². The summed E-state index contributed by atoms with van der Waals surface area (Å²) < 4.78 is 0. The monoisotopic (exact) mass is 360 g/mol. The molecule has 1 saturated heterocycles. The van der Waals surface area contributed by atoms with E-state index in [-0.39, 0.29) is 11.8 Å². The zero-order chi connectivity index (χ0) is 19.3. The molecule has 0 radical (unpaired) electrons. The molecule has 1 aliphatic rings. The van der Waals surface area contributed by atoms with E-state index in [9.17, 15) is 9.59 Å². The summed E-state index contributed by atoms with van der Waals surface area (Å²) in [6, 6.07) is 7.45. The molecule has 0 bridgehead atoms. The van der Waals surface area contributed by atoms with Crippen LogP contribution < -0.4 is 10.6 Å². The Kier molecular flexibility index (Phi) is 6.64. The van der Waals surface area contributed by atoms with E-state index in [0.29, 0.717) is 19.5 Å². The first kappa shape index (κ1) is 20.2. The number of hydrogen-bond acceptors (Lipinski definition) is 4. The summed E-state index contributed by atoms with van der Waals surface area (Å²) in [6.45, 7) is 8.97. The maximum absolute atomic E-state index is 13.3. The number of carbonyl (C=O) groups is 2. The molecule has 0 spiro atoms. The number of piperazine rings is 1. The van der Waals surface area contributed by atoms with Gasteiger partial charge in [0.1, 0.15) is 6.04 Å². The lowest BCUT2D eigenvalue weighted by Gasteiger charge is -2.40. The summed E-state index contributed by atoms with van der Waals surface area (Å²) in [5.74, 6) is -0.0972. The normalized spacial score (nSPS) is 16.9. The van der Waals surface area contributed by atoms with Crippen molar-refractivity contribution in [2.75, 3.05) is 45.6 Å². The van der Waals surface area contributed by atoms with Gasteiger partial charge in [0.15, 0.2) is 0 Å². The number of hydrogen-bond donors (Lipinski definition) is 2. The molecule has 0 aliphatic carbocycles. The minimum absolute atomic E-state index is 0.00240. The van der Waals surface area contributed by atoms with Crippen LogP contribution in [0.25, 0.3) is 0 Å². The highest BCUT2D eigenvalue weighted by atomic mass is 16.2. The van der Waals surface area contributed by atoms with Gasteiger partial charge in [-0.2, -0.15) is 0 Å². The van der Waals surface area contributed by atoms with Crippen molar-refractivity contribution < 1.29 is 9.59 Å². The van der Waals surface area contributed by atoms with Crippen LogP contribution in [-0.2, 0) is 15.0 Å². The molecular weight excluding hydrogens is 328 g/mol. The van der Waals surface area contributed by atoms with Crippen LogP contribution in [0, 0.1) is 0 Å². The SMILES string of the molecule is CCC(=O)N[C@@H](C(=O)N1CCN(C)CC1)C(C)(C)c1ccc(NC)cc1. The molecule has 1 atom stereocenters. The van der Waals surface area contributed by atoms with Crippen LogP contribution in [0.4, 0.5) is 5.69 Å². The fourth-order valence-electron chi connectivity index (χ4n) is 3.26. The first-order chi connectivity index (χ1) is 12.3. The largest absolute Gasteiger partial charge is 0.388 e. The average molecular weight is 361 g/mol. The summed E-state index contributed by atoms with van der Waals surface area (Å²) in [5.41, 5.74) is 1.53. The second-order valence-corrected chi connectivity index (χ2v) is 7.53. The number of amides is 2. The molecule has 1 heterocycles. The van der Waals surface area contributed by atoms with Crippen molar-refractivity contribution in [2.45, 2.75) is 38.6 Å². The van der Waals surface area contributed by atoms with Crippen LogP contribution in [0.1, 0.15) is 32.8 Å². The summed E-state index contributed by atoms with van der Waals surface area (Å²) in [6.07, 6.45) is 0.362. The second kappa shape index (κ2) is 8.54. The molecule has 1 aliphatic heterocycles. The van der Waals surface area contributed by atoms with Crippen LogP contribution in [0.3, 0.4) is 0 Å². The molecule has 1 aromatic rings. The van der Waals surface area contributed by atoms with Crippen molar-refractivity contribution in [3.63, 3.8) is 0 Å². The highest BCUT2D eigenvalue weighted by Crippen LogP contribution is 2.30. The van der Waals surface area contributed by atoms with E-state index in [2.05, 4.69) is 22.6 Å². The predicted molar refractivity (Wildman–Crippen MR) is 105 cm³/mol. The van der Waals surface area contributed by atoms with Gasteiger partial charge in [0, 0.05) is 50.7 Å². The molecule has 144 valence electrons. The van der Waals surface area contributed by atoms with E-state index in [1.54, 1.807) is 6.92 Å². The van der Waals surface area contributed by atoms with E-state index in [4.69, 9.17) is 0 Å². The number of likely N-dealkylation sites (N-methyl/N-ethyl adjacent to an activating group) is 1. The summed E-state index contributed by atoms with van der Waals surface area (Å²) in [5, 5.41) is 6.09. The van der Waals surface area contributed by atoms with Gasteiger partial charge < -0.3 is 20.4 Å². The topological polar surface area (TPSA) is 64.7 Å². The molecular formula is C20H32N4O2. The molecule has 6 heteroatoms. The van der Waals surface area contributed by atoms with Crippen molar-refractivity contribution in [3.05, 3.63) is 29.8 Å². The number of rotatable bonds is 6. The molecule has 2 amide bonds. The molecule has 2 N–H and O–H groups in total. The van der Waals surface area contributed by atoms with Crippen molar-refractivity contribution in [1.29, 1.82) is 0 Å². The standard InChI is InChI=1S/C20H32N4O2/c1-6-17(25)22-18(19(26)24-13-11-23(5)12-14-24)20(2,3)15-7-9-16(21-4)10-8-15/h7-10,18,21H,6,11-14H2,1-5H3,(H,22,25)/t18-/m0/s1. The van der Waals surface area contributed by atoms with Crippen molar-refractivity contribution in [2.24, 2.45) is 0 Å². The van der Waals surface area contributed by atoms with E-state index in [0.717, 1.165) is 24.3 Å². The fourth-order valence-corrected chi connectivity index (χ4v) is 3.26. The van der Waals surface area contributed by atoms with Crippen molar-refractivity contribution >= 4 is 17.5 Å². The lowest BCUT2D eigenvalue weighted by Crippen LogP contribution is -2.60. The smallest absolute Gasteiger partial charge is 0.246 e. The number of anilines is 1. The second-order valence-electron chi connectivity index (χ2n) is 7.53. The highest BCUT2D eigenvalue weighted by Gasteiger charge is 2.40. The first-order valence-electron chi connectivity index (χ1n) is 9.34. The number of nitrogens with zero attached hydrogens (tertiary/aromatic N) is 2. The van der Waals surface area contributed by atoms with Gasteiger partial charge in [-0.1, -0.05) is 32.9 Å². The van der Waals surface area contributed by atoms with Crippen LogP contribution in [-0.4, -0.2) is 67.9 Å². The summed E-state index contributed by atoms with van der Waals surface area (Å²) in [4.78, 5) is 29.5. The van der Waals surface area contributed by atoms with Gasteiger partial charge in [-0.05, 0) is 24.7 Å². The Balaban J connectivity index is 2.29. The first-order valence-corrected chi connectivity index (χ1v) is 9.34. The van der Waals surface area contributed by atoms with E-state index >= 15 is 0 Å². The molecule has 0 unspecified atom stereocenters. The van der Waals surface area contributed by atoms with Crippen LogP contribution >= 0.6 is 0 Å². The number of carbonyl (C=O) groups excluding carboxylic acids is 2. The van der Waals surface area contributed by atoms with Gasteiger partial charge in [0.05, 0.1) is 0 Å². The van der Waals surface area contributed by atoms with Crippen LogP contribution in [0.15, 0.2) is 24.3 Å². The third-order valence-corrected chi connectivity index (χ3v) is 5.33. The van der Waals surface area contributed by atoms with Crippen molar-refractivity contribution in [1.82, 2.24) is 15.1 Å². The highest BCUT2D eigenvalue weighted by molar-refractivity contribution is 5.89. The summed E-state index contributed by atoms with van der Waals surface area (Å²) >= 11 is 0. The van der Waals surface area contributed by atoms with Gasteiger partial charge in [-0.15, -0.1) is 0 Å². The van der Waals surface area contributed by atoms with Crippen LogP contribution in [0.5, 0.6) is 0 Å². The minimum atomic E-state index is -0.584. The summed E-state index contributed by atoms with van der Waals surface area (Å²) in [7, 11) is 3.94. The molecule has 2 rings (SSSR count). The Morgan fingerprint density at radius 1 is 1.12 bits per heavy atom. The quantitative estimate of drug-likeness (QED) is 0.810. The van der Waals surface area contributed by atoms with Gasteiger partial charge in [0.25, 0.3) is 0 Å². The minimum Gasteiger partial charge on any atom is -0.388 e. The zero-order valence-electron chi connectivity index (χ0n) is 16.6. The molecule has 1 aromatic carbocycles. The molecule has 1 fully saturated rings. The van der Waals surface area contributed by atoms with E-state index in [1.165, 1.54) is 0 Å². The number of benzene rings is 1. The third-order valence-electron chi connectivity index (χ3n) is 5.33. The third kappa shape index (κ3) is 4.55. The Hall–Kier alpha value is -2.08. The maximum atomic E-state index is 13.3. The maximum Gasteiger partial charge on any atom is 0.246 e. The Morgan fingerprint density at radius 2 is 1.69 bits per heavy atom. The van der Waals surface area contributed by atoms with Crippen LogP contribution in [0.2, 0.25) is 0 Å². The lowest BCUT2D eigenvalue weighted by molar-refractivity contribution is -0.139. The van der Waals surface area contributed by atoms with E-state index in [1.807, 2.05) is 50.1 Å². The van der Waals surface area contributed by atoms with Gasteiger partial charge in [0.2, 0.25) is 11.8 Å². The molecule has 0 aromatic heterocycles. The van der Waals surface area contributed by atoms with Gasteiger partial charge in [-0.25, -0.2) is 0 Å². The molecule has 0 saturated carbocycles. The Bertz CT molecular complexity index is 619. The Morgan fingerprint density at radius 3 is 2.19 bits per heavy atom. The van der Waals surface area contributed by atoms with Gasteiger partial charge in [-0.3, -0.25) is 9.59 Å². The van der Waals surface area contributed by atoms with E-state index < -0.39 is 11.5 Å². The molecule has 6 nitrogen and oxygen atoms in total. The fraction of sp³-hybridized carbons (Fsp3) is 0.600.